The lowest BCUT2D eigenvalue weighted by molar-refractivity contribution is 0.543. The average Bonchev–Trinajstić information content (AvgIpc) is 2.92. The number of aromatic nitrogens is 3. The van der Waals surface area contributed by atoms with Gasteiger partial charge in [0.1, 0.15) is 0 Å². The van der Waals surface area contributed by atoms with Gasteiger partial charge in [-0.2, -0.15) is 4.52 Å². The van der Waals surface area contributed by atoms with Crippen molar-refractivity contribution in [3.8, 4) is 11.3 Å². The molecule has 0 aliphatic heterocycles. The van der Waals surface area contributed by atoms with Gasteiger partial charge in [-0.15, -0.1) is 5.10 Å². The van der Waals surface area contributed by atoms with E-state index in [0.29, 0.717) is 22.3 Å². The maximum Gasteiger partial charge on any atom is 0.347 e. The minimum absolute atomic E-state index is 0.363. The molecule has 4 rings (SSSR count). The number of rotatable bonds is 1. The lowest BCUT2D eigenvalue weighted by Crippen LogP contribution is -2.04. The van der Waals surface area contributed by atoms with Crippen LogP contribution in [0.15, 0.2) is 57.7 Å². The highest BCUT2D eigenvalue weighted by atomic mass is 16.4. The van der Waals surface area contributed by atoms with Crippen LogP contribution < -0.4 is 5.63 Å². The first kappa shape index (κ1) is 11.8. The van der Waals surface area contributed by atoms with Gasteiger partial charge in [-0.1, -0.05) is 47.2 Å². The van der Waals surface area contributed by atoms with Crippen molar-refractivity contribution >= 4 is 16.6 Å². The van der Waals surface area contributed by atoms with E-state index < -0.39 is 0 Å². The normalized spacial score (nSPS) is 11.3. The minimum atomic E-state index is -0.381. The number of aryl methyl sites for hydroxylation is 1. The fourth-order valence-electron chi connectivity index (χ4n) is 2.39. The van der Waals surface area contributed by atoms with E-state index in [2.05, 4.69) is 10.3 Å². The standard InChI is InChI=1S/C16H11N3O2/c1-10-6-8-11(9-7-10)14-15-19(18-17-14)13-5-3-2-4-12(13)16(20)21-15/h2-9H,1H3. The fourth-order valence-corrected chi connectivity index (χ4v) is 2.39. The van der Waals surface area contributed by atoms with E-state index in [4.69, 9.17) is 4.42 Å². The van der Waals surface area contributed by atoms with Crippen molar-refractivity contribution in [1.29, 1.82) is 0 Å². The molecule has 5 nitrogen and oxygen atoms in total. The van der Waals surface area contributed by atoms with Gasteiger partial charge >= 0.3 is 5.63 Å². The summed E-state index contributed by atoms with van der Waals surface area (Å²) >= 11 is 0. The topological polar surface area (TPSA) is 60.4 Å². The third-order valence-corrected chi connectivity index (χ3v) is 3.50. The fraction of sp³-hybridized carbons (Fsp3) is 0.0625. The Balaban J connectivity index is 2.09. The molecule has 102 valence electrons. The maximum absolute atomic E-state index is 12.1. The highest BCUT2D eigenvalue weighted by molar-refractivity contribution is 5.82. The van der Waals surface area contributed by atoms with Crippen LogP contribution in [0, 0.1) is 6.92 Å². The summed E-state index contributed by atoms with van der Waals surface area (Å²) < 4.78 is 6.97. The van der Waals surface area contributed by atoms with Crippen molar-refractivity contribution in [1.82, 2.24) is 14.8 Å². The predicted molar refractivity (Wildman–Crippen MR) is 79.2 cm³/mol. The summed E-state index contributed by atoms with van der Waals surface area (Å²) in [6.45, 7) is 2.01. The Morgan fingerprint density at radius 3 is 2.62 bits per heavy atom. The van der Waals surface area contributed by atoms with Gasteiger partial charge in [-0.05, 0) is 19.1 Å². The average molecular weight is 277 g/mol. The molecule has 0 spiro atoms. The summed E-state index contributed by atoms with van der Waals surface area (Å²) in [4.78, 5) is 12.1. The van der Waals surface area contributed by atoms with Gasteiger partial charge in [0.2, 0.25) is 0 Å². The van der Waals surface area contributed by atoms with Gasteiger partial charge in [-0.25, -0.2) is 4.79 Å². The molecule has 2 aromatic heterocycles. The van der Waals surface area contributed by atoms with E-state index in [1.165, 1.54) is 0 Å². The Morgan fingerprint density at radius 2 is 1.81 bits per heavy atom. The van der Waals surface area contributed by atoms with E-state index in [1.807, 2.05) is 43.3 Å². The summed E-state index contributed by atoms with van der Waals surface area (Å²) in [6, 6.07) is 15.0. The van der Waals surface area contributed by atoms with Crippen molar-refractivity contribution in [2.45, 2.75) is 6.92 Å². The summed E-state index contributed by atoms with van der Waals surface area (Å²) in [5.74, 6) is 0. The SMILES string of the molecule is Cc1ccc(-c2nnn3c2oc(=O)c2ccccc23)cc1. The van der Waals surface area contributed by atoms with Crippen LogP contribution in [0.5, 0.6) is 0 Å². The monoisotopic (exact) mass is 277 g/mol. The lowest BCUT2D eigenvalue weighted by Gasteiger charge is -2.00. The molecule has 0 radical (unpaired) electrons. The molecule has 0 saturated heterocycles. The second-order valence-electron chi connectivity index (χ2n) is 4.93. The van der Waals surface area contributed by atoms with Crippen molar-refractivity contribution in [2.75, 3.05) is 0 Å². The highest BCUT2D eigenvalue weighted by Crippen LogP contribution is 2.23. The number of para-hydroxylation sites is 1. The molecule has 2 aromatic carbocycles. The molecule has 4 aromatic rings. The summed E-state index contributed by atoms with van der Waals surface area (Å²) in [7, 11) is 0. The zero-order valence-corrected chi connectivity index (χ0v) is 11.3. The zero-order chi connectivity index (χ0) is 14.4. The molecule has 0 fully saturated rings. The molecular weight excluding hydrogens is 266 g/mol. The third-order valence-electron chi connectivity index (χ3n) is 3.50. The summed E-state index contributed by atoms with van der Waals surface area (Å²) in [5.41, 5.74) is 3.26. The Hall–Kier alpha value is -2.95. The number of nitrogens with zero attached hydrogens (tertiary/aromatic N) is 3. The Morgan fingerprint density at radius 1 is 1.05 bits per heavy atom. The highest BCUT2D eigenvalue weighted by Gasteiger charge is 2.15. The molecular formula is C16H11N3O2. The third kappa shape index (κ3) is 1.74. The van der Waals surface area contributed by atoms with Crippen LogP contribution in [0.1, 0.15) is 5.56 Å². The first-order valence-corrected chi connectivity index (χ1v) is 6.58. The molecule has 0 unspecified atom stereocenters. The molecule has 0 bridgehead atoms. The van der Waals surface area contributed by atoms with E-state index >= 15 is 0 Å². The summed E-state index contributed by atoms with van der Waals surface area (Å²) in [6.07, 6.45) is 0. The molecule has 0 N–H and O–H groups in total. The second-order valence-corrected chi connectivity index (χ2v) is 4.93. The van der Waals surface area contributed by atoms with Crippen LogP contribution in [0.25, 0.3) is 27.9 Å². The molecule has 21 heavy (non-hydrogen) atoms. The minimum Gasteiger partial charge on any atom is -0.401 e. The van der Waals surface area contributed by atoms with Crippen molar-refractivity contribution in [2.24, 2.45) is 0 Å². The predicted octanol–water partition coefficient (Wildman–Crippen LogP) is 2.81. The quantitative estimate of drug-likeness (QED) is 0.537. The summed E-state index contributed by atoms with van der Waals surface area (Å²) in [5, 5.41) is 8.78. The van der Waals surface area contributed by atoms with Gasteiger partial charge in [0, 0.05) is 5.56 Å². The second kappa shape index (κ2) is 4.28. The van der Waals surface area contributed by atoms with Crippen LogP contribution in [-0.4, -0.2) is 14.8 Å². The van der Waals surface area contributed by atoms with Gasteiger partial charge in [-0.3, -0.25) is 0 Å². The molecule has 0 atom stereocenters. The Labute approximate surface area is 119 Å². The lowest BCUT2D eigenvalue weighted by atomic mass is 10.1. The Kier molecular flexibility index (Phi) is 2.41. The van der Waals surface area contributed by atoms with Crippen LogP contribution in [0.2, 0.25) is 0 Å². The van der Waals surface area contributed by atoms with Crippen molar-refractivity contribution in [3.05, 3.63) is 64.5 Å². The molecule has 0 saturated carbocycles. The first-order chi connectivity index (χ1) is 10.2. The molecule has 0 amide bonds. The van der Waals surface area contributed by atoms with Crippen LogP contribution >= 0.6 is 0 Å². The van der Waals surface area contributed by atoms with Gasteiger partial charge in [0.15, 0.2) is 5.69 Å². The van der Waals surface area contributed by atoms with Gasteiger partial charge in [0.25, 0.3) is 5.71 Å². The zero-order valence-electron chi connectivity index (χ0n) is 11.3. The largest absolute Gasteiger partial charge is 0.401 e. The molecule has 0 aliphatic rings. The smallest absolute Gasteiger partial charge is 0.347 e. The van der Waals surface area contributed by atoms with Crippen LogP contribution in [0.4, 0.5) is 0 Å². The number of hydrogen-bond donors (Lipinski definition) is 0. The molecule has 0 aliphatic carbocycles. The van der Waals surface area contributed by atoms with Gasteiger partial charge < -0.3 is 4.42 Å². The van der Waals surface area contributed by atoms with E-state index in [0.717, 1.165) is 11.1 Å². The van der Waals surface area contributed by atoms with Crippen molar-refractivity contribution in [3.63, 3.8) is 0 Å². The molecule has 5 heteroatoms. The number of hydrogen-bond acceptors (Lipinski definition) is 4. The van der Waals surface area contributed by atoms with Crippen molar-refractivity contribution < 1.29 is 4.42 Å². The van der Waals surface area contributed by atoms with E-state index in [9.17, 15) is 4.79 Å². The van der Waals surface area contributed by atoms with E-state index in [1.54, 1.807) is 16.6 Å². The number of benzene rings is 2. The number of fused-ring (bicyclic) bond motifs is 3. The Bertz CT molecular complexity index is 1010. The van der Waals surface area contributed by atoms with Gasteiger partial charge in [0.05, 0.1) is 10.9 Å². The van der Waals surface area contributed by atoms with Crippen LogP contribution in [-0.2, 0) is 0 Å². The van der Waals surface area contributed by atoms with Crippen LogP contribution in [0.3, 0.4) is 0 Å². The molecule has 2 heterocycles. The van der Waals surface area contributed by atoms with E-state index in [-0.39, 0.29) is 5.63 Å². The maximum atomic E-state index is 12.1. The first-order valence-electron chi connectivity index (χ1n) is 6.58.